The molecular weight excluding hydrogens is 315 g/mol. The molecule has 0 aliphatic rings. The van der Waals surface area contributed by atoms with Gasteiger partial charge in [-0.25, -0.2) is 0 Å². The van der Waals surface area contributed by atoms with E-state index in [1.165, 1.54) is 0 Å². The Kier molecular flexibility index (Phi) is 3.69. The molecule has 11 heavy (non-hydrogen) atoms. The molecule has 0 radical (unpaired) electrons. The molecule has 1 rings (SSSR count). The summed E-state index contributed by atoms with van der Waals surface area (Å²) in [4.78, 5) is 0. The Morgan fingerprint density at radius 2 is 1.91 bits per heavy atom. The zero-order valence-electron chi connectivity index (χ0n) is 5.37. The number of alkyl halides is 1. The smallest absolute Gasteiger partial charge is 0.0562 e. The Balaban J connectivity index is 3.21. The average Bonchev–Trinajstić information content (AvgIpc) is 1.99. The summed E-state index contributed by atoms with van der Waals surface area (Å²) in [6.07, 6.45) is 0. The van der Waals surface area contributed by atoms with E-state index in [-0.39, 0.29) is 0 Å². The van der Waals surface area contributed by atoms with Gasteiger partial charge >= 0.3 is 0 Å². The van der Waals surface area contributed by atoms with Crippen molar-refractivity contribution in [1.29, 1.82) is 0 Å². The van der Waals surface area contributed by atoms with E-state index in [9.17, 15) is 0 Å². The number of halogens is 4. The summed E-state index contributed by atoms with van der Waals surface area (Å²) in [6, 6.07) is 3.77. The van der Waals surface area contributed by atoms with Crippen LogP contribution in [0.5, 0.6) is 0 Å². The molecule has 0 saturated carbocycles. The third kappa shape index (κ3) is 2.35. The van der Waals surface area contributed by atoms with Crippen LogP contribution in [0.1, 0.15) is 5.56 Å². The Hall–Kier alpha value is 0.760. The van der Waals surface area contributed by atoms with Gasteiger partial charge < -0.3 is 0 Å². The van der Waals surface area contributed by atoms with E-state index < -0.39 is 0 Å². The zero-order valence-corrected chi connectivity index (χ0v) is 10.1. The van der Waals surface area contributed by atoms with Crippen LogP contribution in [0.2, 0.25) is 5.02 Å². The van der Waals surface area contributed by atoms with Gasteiger partial charge in [0.1, 0.15) is 0 Å². The highest BCUT2D eigenvalue weighted by Crippen LogP contribution is 2.32. The Labute approximate surface area is 92.1 Å². The minimum Gasteiger partial charge on any atom is -0.122 e. The second-order valence-electron chi connectivity index (χ2n) is 2.01. The number of rotatable bonds is 1. The molecule has 0 aliphatic heterocycles. The van der Waals surface area contributed by atoms with Crippen LogP contribution in [0.4, 0.5) is 0 Å². The number of hydrogen-bond donors (Lipinski definition) is 0. The molecule has 0 nitrogen and oxygen atoms in total. The maximum atomic E-state index is 5.86. The first-order valence-corrected chi connectivity index (χ1v) is 5.34. The van der Waals surface area contributed by atoms with Gasteiger partial charge in [-0.05, 0) is 49.6 Å². The monoisotopic (exact) mass is 316 g/mol. The molecule has 1 aromatic rings. The van der Waals surface area contributed by atoms with Crippen LogP contribution in [0.15, 0.2) is 21.1 Å². The standard InChI is InChI=1S/C7H4Br2Cl2/c8-5-1-4(3-10)2-6(11)7(5)9/h1-2H,3H2. The van der Waals surface area contributed by atoms with Gasteiger partial charge in [-0.15, -0.1) is 11.6 Å². The number of hydrogen-bond acceptors (Lipinski definition) is 0. The summed E-state index contributed by atoms with van der Waals surface area (Å²) >= 11 is 18.2. The van der Waals surface area contributed by atoms with Crippen LogP contribution in [-0.2, 0) is 5.88 Å². The zero-order chi connectivity index (χ0) is 8.43. The molecule has 0 spiro atoms. The van der Waals surface area contributed by atoms with Crippen molar-refractivity contribution in [2.24, 2.45) is 0 Å². The molecule has 0 unspecified atom stereocenters. The van der Waals surface area contributed by atoms with Gasteiger partial charge in [0.25, 0.3) is 0 Å². The van der Waals surface area contributed by atoms with Crippen molar-refractivity contribution in [3.8, 4) is 0 Å². The van der Waals surface area contributed by atoms with E-state index in [0.29, 0.717) is 10.9 Å². The minimum atomic E-state index is 0.478. The molecule has 0 bridgehead atoms. The normalized spacial score (nSPS) is 10.2. The molecule has 4 heteroatoms. The first kappa shape index (κ1) is 9.85. The Bertz CT molecular complexity index is 250. The molecule has 1 aromatic carbocycles. The maximum absolute atomic E-state index is 5.86. The van der Waals surface area contributed by atoms with Crippen LogP contribution in [0, 0.1) is 0 Å². The molecular formula is C7H4Br2Cl2. The van der Waals surface area contributed by atoms with Crippen molar-refractivity contribution >= 4 is 55.1 Å². The van der Waals surface area contributed by atoms with Gasteiger partial charge in [0, 0.05) is 10.4 Å². The number of benzene rings is 1. The second-order valence-corrected chi connectivity index (χ2v) is 4.33. The molecule has 0 aromatic heterocycles. The van der Waals surface area contributed by atoms with Crippen molar-refractivity contribution in [3.05, 3.63) is 31.7 Å². The SMILES string of the molecule is ClCc1cc(Cl)c(Br)c(Br)c1. The molecule has 0 heterocycles. The summed E-state index contributed by atoms with van der Waals surface area (Å²) in [5.74, 6) is 0.478. The van der Waals surface area contributed by atoms with Crippen molar-refractivity contribution < 1.29 is 0 Å². The van der Waals surface area contributed by atoms with E-state index in [4.69, 9.17) is 23.2 Å². The van der Waals surface area contributed by atoms with Gasteiger partial charge in [0.2, 0.25) is 0 Å². The minimum absolute atomic E-state index is 0.478. The highest BCUT2D eigenvalue weighted by molar-refractivity contribution is 9.13. The summed E-state index contributed by atoms with van der Waals surface area (Å²) < 4.78 is 1.80. The highest BCUT2D eigenvalue weighted by Gasteiger charge is 2.03. The average molecular weight is 319 g/mol. The van der Waals surface area contributed by atoms with E-state index in [0.717, 1.165) is 14.5 Å². The van der Waals surface area contributed by atoms with E-state index in [1.807, 2.05) is 12.1 Å². The Morgan fingerprint density at radius 1 is 1.27 bits per heavy atom. The van der Waals surface area contributed by atoms with E-state index in [1.54, 1.807) is 0 Å². The predicted molar refractivity (Wildman–Crippen MR) is 56.4 cm³/mol. The fraction of sp³-hybridized carbons (Fsp3) is 0.143. The van der Waals surface area contributed by atoms with Crippen LogP contribution in [0.25, 0.3) is 0 Å². The molecule has 0 amide bonds. The summed E-state index contributed by atoms with van der Waals surface area (Å²) in [6.45, 7) is 0. The molecule has 0 N–H and O–H groups in total. The first-order chi connectivity index (χ1) is 5.15. The summed E-state index contributed by atoms with van der Waals surface area (Å²) in [5.41, 5.74) is 1.01. The van der Waals surface area contributed by atoms with Gasteiger partial charge in [-0.1, -0.05) is 11.6 Å². The summed E-state index contributed by atoms with van der Waals surface area (Å²) in [7, 11) is 0. The molecule has 0 fully saturated rings. The van der Waals surface area contributed by atoms with Gasteiger partial charge in [-0.3, -0.25) is 0 Å². The predicted octanol–water partition coefficient (Wildman–Crippen LogP) is 4.60. The lowest BCUT2D eigenvalue weighted by Crippen LogP contribution is -1.79. The lowest BCUT2D eigenvalue weighted by atomic mass is 10.2. The van der Waals surface area contributed by atoms with Crippen LogP contribution in [-0.4, -0.2) is 0 Å². The van der Waals surface area contributed by atoms with Crippen molar-refractivity contribution in [3.63, 3.8) is 0 Å². The fourth-order valence-electron chi connectivity index (χ4n) is 0.685. The van der Waals surface area contributed by atoms with Crippen molar-refractivity contribution in [2.75, 3.05) is 0 Å². The third-order valence-electron chi connectivity index (χ3n) is 1.20. The second kappa shape index (κ2) is 4.13. The van der Waals surface area contributed by atoms with Crippen molar-refractivity contribution in [2.45, 2.75) is 5.88 Å². The lowest BCUT2D eigenvalue weighted by molar-refractivity contribution is 1.37. The molecule has 60 valence electrons. The lowest BCUT2D eigenvalue weighted by Gasteiger charge is -2.01. The van der Waals surface area contributed by atoms with E-state index in [2.05, 4.69) is 31.9 Å². The van der Waals surface area contributed by atoms with Crippen LogP contribution in [0.3, 0.4) is 0 Å². The summed E-state index contributed by atoms with van der Waals surface area (Å²) in [5, 5.41) is 0.676. The first-order valence-electron chi connectivity index (χ1n) is 2.84. The fourth-order valence-corrected chi connectivity index (χ4v) is 1.93. The third-order valence-corrected chi connectivity index (χ3v) is 4.04. The van der Waals surface area contributed by atoms with Crippen molar-refractivity contribution in [1.82, 2.24) is 0 Å². The highest BCUT2D eigenvalue weighted by atomic mass is 79.9. The molecule has 0 saturated heterocycles. The van der Waals surface area contributed by atoms with Gasteiger partial charge in [0.05, 0.1) is 9.50 Å². The van der Waals surface area contributed by atoms with Gasteiger partial charge in [0.15, 0.2) is 0 Å². The molecule has 0 atom stereocenters. The largest absolute Gasteiger partial charge is 0.122 e. The quantitative estimate of drug-likeness (QED) is 0.524. The van der Waals surface area contributed by atoms with Crippen LogP contribution >= 0.6 is 55.1 Å². The van der Waals surface area contributed by atoms with Crippen LogP contribution < -0.4 is 0 Å². The molecule has 0 aliphatic carbocycles. The van der Waals surface area contributed by atoms with Gasteiger partial charge in [-0.2, -0.15) is 0 Å². The maximum Gasteiger partial charge on any atom is 0.0562 e. The van der Waals surface area contributed by atoms with E-state index >= 15 is 0 Å². The topological polar surface area (TPSA) is 0 Å². The Morgan fingerprint density at radius 3 is 2.36 bits per heavy atom.